The molecule has 2 heterocycles. The Morgan fingerprint density at radius 1 is 1.00 bits per heavy atom. The molecule has 4 aromatic rings. The van der Waals surface area contributed by atoms with E-state index in [4.69, 9.17) is 9.15 Å². The minimum atomic E-state index is 0.944. The van der Waals surface area contributed by atoms with Crippen LogP contribution in [-0.2, 0) is 12.8 Å². The van der Waals surface area contributed by atoms with Crippen LogP contribution in [0.5, 0.6) is 5.75 Å². The topological polar surface area (TPSA) is 38.2 Å². The second kappa shape index (κ2) is 4.92. The average Bonchev–Trinajstić information content (AvgIpc) is 3.18. The predicted molar refractivity (Wildman–Crippen MR) is 102 cm³/mol. The zero-order valence-electron chi connectivity index (χ0n) is 15.0. The summed E-state index contributed by atoms with van der Waals surface area (Å²) >= 11 is 0. The Labute approximate surface area is 146 Å². The van der Waals surface area contributed by atoms with Crippen molar-refractivity contribution in [3.8, 4) is 17.0 Å². The number of nitrogens with one attached hydrogen (secondary N) is 1. The van der Waals surface area contributed by atoms with Gasteiger partial charge in [-0.05, 0) is 49.9 Å². The van der Waals surface area contributed by atoms with Gasteiger partial charge in [0.25, 0.3) is 0 Å². The Bertz CT molecular complexity index is 1160. The van der Waals surface area contributed by atoms with Gasteiger partial charge < -0.3 is 14.1 Å². The summed E-state index contributed by atoms with van der Waals surface area (Å²) < 4.78 is 12.1. The molecule has 0 atom stereocenters. The van der Waals surface area contributed by atoms with Crippen LogP contribution < -0.4 is 4.74 Å². The number of hydrogen-bond acceptors (Lipinski definition) is 2. The van der Waals surface area contributed by atoms with Crippen molar-refractivity contribution in [1.82, 2.24) is 4.98 Å². The summed E-state index contributed by atoms with van der Waals surface area (Å²) in [6.07, 6.45) is 1.96. The fraction of sp³-hybridized carbons (Fsp3) is 0.273. The van der Waals surface area contributed by atoms with Gasteiger partial charge in [0.05, 0.1) is 12.8 Å². The van der Waals surface area contributed by atoms with Crippen molar-refractivity contribution in [2.75, 3.05) is 7.11 Å². The second-order valence-electron chi connectivity index (χ2n) is 7.04. The first-order valence-corrected chi connectivity index (χ1v) is 8.81. The van der Waals surface area contributed by atoms with Crippen molar-refractivity contribution in [3.63, 3.8) is 0 Å². The molecule has 2 aromatic carbocycles. The summed E-state index contributed by atoms with van der Waals surface area (Å²) in [7, 11) is 1.75. The number of methoxy groups -OCH3 is 1. The van der Waals surface area contributed by atoms with E-state index in [-0.39, 0.29) is 0 Å². The Hall–Kier alpha value is -2.68. The smallest absolute Gasteiger partial charge is 0.138 e. The highest BCUT2D eigenvalue weighted by Gasteiger charge is 2.29. The zero-order valence-corrected chi connectivity index (χ0v) is 15.0. The SMILES string of the molecule is COc1c(C)c(C)c2oc3c(c2c1C)-c1[nH]c2ccccc2c1CC3. The van der Waals surface area contributed by atoms with Crippen LogP contribution in [-0.4, -0.2) is 12.1 Å². The highest BCUT2D eigenvalue weighted by Crippen LogP contribution is 2.47. The second-order valence-corrected chi connectivity index (χ2v) is 7.04. The van der Waals surface area contributed by atoms with Gasteiger partial charge in [0, 0.05) is 33.8 Å². The maximum Gasteiger partial charge on any atom is 0.138 e. The molecular formula is C22H21NO2. The Kier molecular flexibility index (Phi) is 2.88. The molecule has 25 heavy (non-hydrogen) atoms. The number of para-hydroxylation sites is 1. The minimum absolute atomic E-state index is 0.944. The van der Waals surface area contributed by atoms with Gasteiger partial charge in [0.1, 0.15) is 17.1 Å². The molecule has 0 aliphatic heterocycles. The van der Waals surface area contributed by atoms with Gasteiger partial charge in [-0.25, -0.2) is 0 Å². The zero-order chi connectivity index (χ0) is 17.3. The number of fused-ring (bicyclic) bond motifs is 7. The van der Waals surface area contributed by atoms with Crippen molar-refractivity contribution in [1.29, 1.82) is 0 Å². The van der Waals surface area contributed by atoms with Crippen molar-refractivity contribution in [3.05, 3.63) is 52.3 Å². The molecule has 0 fully saturated rings. The molecule has 0 amide bonds. The number of hydrogen-bond donors (Lipinski definition) is 1. The molecular weight excluding hydrogens is 310 g/mol. The largest absolute Gasteiger partial charge is 0.496 e. The molecule has 3 heteroatoms. The standard InChI is InChI=1S/C22H21NO2/c1-11-12(2)22-18(13(3)21(11)24-4)19-17(25-22)10-9-15-14-7-5-6-8-16(14)23-20(15)19/h5-8,23H,9-10H2,1-4H3. The lowest BCUT2D eigenvalue weighted by Gasteiger charge is -2.14. The summed E-state index contributed by atoms with van der Waals surface area (Å²) in [5.74, 6) is 2.06. The van der Waals surface area contributed by atoms with Crippen molar-refractivity contribution < 1.29 is 9.15 Å². The van der Waals surface area contributed by atoms with Crippen molar-refractivity contribution in [2.24, 2.45) is 0 Å². The summed E-state index contributed by atoms with van der Waals surface area (Å²) in [5.41, 5.74) is 9.55. The fourth-order valence-corrected chi connectivity index (χ4v) is 4.49. The molecule has 126 valence electrons. The normalized spacial score (nSPS) is 13.3. The lowest BCUT2D eigenvalue weighted by molar-refractivity contribution is 0.408. The van der Waals surface area contributed by atoms with E-state index in [0.717, 1.165) is 41.1 Å². The van der Waals surface area contributed by atoms with E-state index in [0.29, 0.717) is 0 Å². The summed E-state index contributed by atoms with van der Waals surface area (Å²) in [4.78, 5) is 3.65. The van der Waals surface area contributed by atoms with Gasteiger partial charge in [0.2, 0.25) is 0 Å². The van der Waals surface area contributed by atoms with Crippen LogP contribution in [0.4, 0.5) is 0 Å². The third-order valence-corrected chi connectivity index (χ3v) is 5.81. The number of H-pyrrole nitrogens is 1. The molecule has 3 nitrogen and oxygen atoms in total. The molecule has 0 unspecified atom stereocenters. The van der Waals surface area contributed by atoms with Gasteiger partial charge in [-0.15, -0.1) is 0 Å². The maximum atomic E-state index is 6.36. The molecule has 0 spiro atoms. The summed E-state index contributed by atoms with van der Waals surface area (Å²) in [5, 5.41) is 2.52. The summed E-state index contributed by atoms with van der Waals surface area (Å²) in [6.45, 7) is 6.37. The lowest BCUT2D eigenvalue weighted by atomic mass is 9.89. The van der Waals surface area contributed by atoms with Gasteiger partial charge in [-0.3, -0.25) is 0 Å². The molecule has 0 bridgehead atoms. The van der Waals surface area contributed by atoms with Gasteiger partial charge in [-0.1, -0.05) is 18.2 Å². The van der Waals surface area contributed by atoms with Crippen LogP contribution in [0.1, 0.15) is 28.0 Å². The highest BCUT2D eigenvalue weighted by molar-refractivity contribution is 6.04. The number of aromatic amines is 1. The van der Waals surface area contributed by atoms with Gasteiger partial charge in [0.15, 0.2) is 0 Å². The molecule has 1 N–H and O–H groups in total. The van der Waals surface area contributed by atoms with E-state index in [2.05, 4.69) is 50.0 Å². The fourth-order valence-electron chi connectivity index (χ4n) is 4.49. The lowest BCUT2D eigenvalue weighted by Crippen LogP contribution is -2.01. The number of aromatic nitrogens is 1. The van der Waals surface area contributed by atoms with Crippen LogP contribution in [0.2, 0.25) is 0 Å². The third-order valence-electron chi connectivity index (χ3n) is 5.81. The first-order chi connectivity index (χ1) is 12.1. The molecule has 5 rings (SSSR count). The van der Waals surface area contributed by atoms with Crippen LogP contribution in [0.15, 0.2) is 28.7 Å². The summed E-state index contributed by atoms with van der Waals surface area (Å²) in [6, 6.07) is 8.56. The van der Waals surface area contributed by atoms with Crippen LogP contribution in [0.25, 0.3) is 33.1 Å². The third kappa shape index (κ3) is 1.76. The Morgan fingerprint density at radius 2 is 1.80 bits per heavy atom. The number of rotatable bonds is 1. The van der Waals surface area contributed by atoms with Crippen molar-refractivity contribution >= 4 is 21.9 Å². The molecule has 2 aromatic heterocycles. The monoisotopic (exact) mass is 331 g/mol. The molecule has 0 saturated heterocycles. The van der Waals surface area contributed by atoms with E-state index in [9.17, 15) is 0 Å². The van der Waals surface area contributed by atoms with Crippen LogP contribution in [0.3, 0.4) is 0 Å². The first-order valence-electron chi connectivity index (χ1n) is 8.81. The molecule has 1 aliphatic rings. The van der Waals surface area contributed by atoms with Crippen molar-refractivity contribution in [2.45, 2.75) is 33.6 Å². The highest BCUT2D eigenvalue weighted by atomic mass is 16.5. The van der Waals surface area contributed by atoms with E-state index in [1.54, 1.807) is 7.11 Å². The maximum absolute atomic E-state index is 6.36. The first kappa shape index (κ1) is 14.6. The number of furan rings is 1. The Balaban J connectivity index is 1.95. The number of benzene rings is 2. The van der Waals surface area contributed by atoms with E-state index < -0.39 is 0 Å². The molecule has 0 radical (unpaired) electrons. The quantitative estimate of drug-likeness (QED) is 0.492. The van der Waals surface area contributed by atoms with Crippen LogP contribution in [0, 0.1) is 20.8 Å². The van der Waals surface area contributed by atoms with E-state index in [1.807, 2.05) is 0 Å². The number of aryl methyl sites for hydroxylation is 4. The molecule has 0 saturated carbocycles. The minimum Gasteiger partial charge on any atom is -0.496 e. The molecule has 1 aliphatic carbocycles. The van der Waals surface area contributed by atoms with E-state index >= 15 is 0 Å². The average molecular weight is 331 g/mol. The van der Waals surface area contributed by atoms with Gasteiger partial charge >= 0.3 is 0 Å². The van der Waals surface area contributed by atoms with Crippen LogP contribution >= 0.6 is 0 Å². The number of ether oxygens (including phenoxy) is 1. The van der Waals surface area contributed by atoms with E-state index in [1.165, 1.54) is 38.7 Å². The predicted octanol–water partition coefficient (Wildman–Crippen LogP) is 5.61. The Morgan fingerprint density at radius 3 is 2.60 bits per heavy atom. The van der Waals surface area contributed by atoms with Gasteiger partial charge in [-0.2, -0.15) is 0 Å².